The molecule has 1 atom stereocenters. The number of nitrogens with one attached hydrogen (secondary N) is 1. The van der Waals surface area contributed by atoms with Crippen molar-refractivity contribution >= 4 is 29.2 Å². The van der Waals surface area contributed by atoms with Crippen LogP contribution >= 0.6 is 11.6 Å². The van der Waals surface area contributed by atoms with Gasteiger partial charge in [-0.25, -0.2) is 4.79 Å². The topological polar surface area (TPSA) is 52.7 Å². The number of benzene rings is 1. The van der Waals surface area contributed by atoms with Gasteiger partial charge in [0.05, 0.1) is 16.1 Å². The summed E-state index contributed by atoms with van der Waals surface area (Å²) in [5, 5.41) is 3.43. The summed E-state index contributed by atoms with van der Waals surface area (Å²) in [4.78, 5) is 28.6. The molecule has 3 rings (SSSR count). The van der Waals surface area contributed by atoms with Crippen molar-refractivity contribution in [3.63, 3.8) is 0 Å². The van der Waals surface area contributed by atoms with Gasteiger partial charge in [0.15, 0.2) is 0 Å². The van der Waals surface area contributed by atoms with E-state index in [0.717, 1.165) is 31.4 Å². The Bertz CT molecular complexity index is 628. The minimum atomic E-state index is -0.389. The molecule has 2 saturated heterocycles. The second-order valence-corrected chi connectivity index (χ2v) is 7.05. The highest BCUT2D eigenvalue weighted by Crippen LogP contribution is 2.40. The Labute approximate surface area is 141 Å². The molecule has 0 aliphatic carbocycles. The number of aryl methyl sites for hydroxylation is 1. The van der Waals surface area contributed by atoms with Crippen molar-refractivity contribution in [2.45, 2.75) is 26.2 Å². The second kappa shape index (κ2) is 6.04. The molecule has 23 heavy (non-hydrogen) atoms. The molecule has 2 aliphatic heterocycles. The minimum Gasteiger partial charge on any atom is -0.345 e. The number of hydrogen-bond donors (Lipinski definition) is 1. The van der Waals surface area contributed by atoms with Crippen LogP contribution in [0, 0.1) is 12.3 Å². The Morgan fingerprint density at radius 2 is 2.09 bits per heavy atom. The molecule has 2 heterocycles. The van der Waals surface area contributed by atoms with E-state index in [9.17, 15) is 9.59 Å². The predicted molar refractivity (Wildman–Crippen MR) is 90.7 cm³/mol. The van der Waals surface area contributed by atoms with Crippen LogP contribution < -0.4 is 5.32 Å². The number of urea groups is 1. The standard InChI is InChI=1S/C17H22ClN3O2/c1-12-5-3-6-13(18)14(12)19-16(23)21-10-8-17(11-21)7-4-9-20(2)15(17)22/h3,5-6H,4,7-11H2,1-2H3,(H,19,23). The normalized spacial score (nSPS) is 24.4. The Hall–Kier alpha value is -1.75. The lowest BCUT2D eigenvalue weighted by molar-refractivity contribution is -0.143. The van der Waals surface area contributed by atoms with Gasteiger partial charge in [0.1, 0.15) is 0 Å². The number of rotatable bonds is 1. The molecule has 0 saturated carbocycles. The van der Waals surface area contributed by atoms with Crippen LogP contribution in [-0.4, -0.2) is 48.4 Å². The molecule has 2 aliphatic rings. The first-order valence-corrected chi connectivity index (χ1v) is 8.37. The van der Waals surface area contributed by atoms with E-state index >= 15 is 0 Å². The van der Waals surface area contributed by atoms with Gasteiger partial charge in [-0.3, -0.25) is 4.79 Å². The van der Waals surface area contributed by atoms with Crippen molar-refractivity contribution in [1.29, 1.82) is 0 Å². The summed E-state index contributed by atoms with van der Waals surface area (Å²) in [6.45, 7) is 3.82. The molecule has 0 bridgehead atoms. The van der Waals surface area contributed by atoms with Gasteiger partial charge in [-0.1, -0.05) is 23.7 Å². The summed E-state index contributed by atoms with van der Waals surface area (Å²) in [6, 6.07) is 5.34. The number of likely N-dealkylation sites (tertiary alicyclic amines) is 2. The minimum absolute atomic E-state index is 0.174. The molecule has 5 nitrogen and oxygen atoms in total. The SMILES string of the molecule is Cc1cccc(Cl)c1NC(=O)N1CCC2(CCCN(C)C2=O)C1. The van der Waals surface area contributed by atoms with E-state index in [1.54, 1.807) is 15.9 Å². The van der Waals surface area contributed by atoms with E-state index in [2.05, 4.69) is 5.32 Å². The van der Waals surface area contributed by atoms with Crippen molar-refractivity contribution in [3.05, 3.63) is 28.8 Å². The first kappa shape index (κ1) is 16.1. The summed E-state index contributed by atoms with van der Waals surface area (Å²) in [7, 11) is 1.85. The van der Waals surface area contributed by atoms with Crippen LogP contribution in [0.5, 0.6) is 0 Å². The van der Waals surface area contributed by atoms with Gasteiger partial charge in [0.25, 0.3) is 0 Å². The van der Waals surface area contributed by atoms with Gasteiger partial charge in [-0.2, -0.15) is 0 Å². The first-order chi connectivity index (χ1) is 10.9. The van der Waals surface area contributed by atoms with Crippen molar-refractivity contribution in [1.82, 2.24) is 9.80 Å². The van der Waals surface area contributed by atoms with Crippen molar-refractivity contribution in [3.8, 4) is 0 Å². The summed E-state index contributed by atoms with van der Waals surface area (Å²) >= 11 is 6.17. The maximum atomic E-state index is 12.6. The number of amides is 3. The average molecular weight is 336 g/mol. The first-order valence-electron chi connectivity index (χ1n) is 8.00. The number of carbonyl (C=O) groups excluding carboxylic acids is 2. The molecular weight excluding hydrogens is 314 g/mol. The van der Waals surface area contributed by atoms with E-state index in [-0.39, 0.29) is 17.4 Å². The number of para-hydroxylation sites is 1. The second-order valence-electron chi connectivity index (χ2n) is 6.64. The molecule has 124 valence electrons. The quantitative estimate of drug-likeness (QED) is 0.857. The average Bonchev–Trinajstić information content (AvgIpc) is 2.94. The maximum absolute atomic E-state index is 12.6. The van der Waals surface area contributed by atoms with E-state index in [1.165, 1.54) is 0 Å². The highest BCUT2D eigenvalue weighted by molar-refractivity contribution is 6.33. The molecule has 1 N–H and O–H groups in total. The number of halogens is 1. The number of piperidine rings is 1. The Kier molecular flexibility index (Phi) is 4.23. The molecule has 1 aromatic rings. The summed E-state index contributed by atoms with van der Waals surface area (Å²) < 4.78 is 0. The summed E-state index contributed by atoms with van der Waals surface area (Å²) in [5.74, 6) is 0.174. The van der Waals surface area contributed by atoms with Gasteiger partial charge < -0.3 is 15.1 Å². The summed E-state index contributed by atoms with van der Waals surface area (Å²) in [5.41, 5.74) is 1.18. The third-order valence-corrected chi connectivity index (χ3v) is 5.36. The van der Waals surface area contributed by atoms with E-state index in [4.69, 9.17) is 11.6 Å². The smallest absolute Gasteiger partial charge is 0.321 e. The van der Waals surface area contributed by atoms with Crippen LogP contribution in [0.25, 0.3) is 0 Å². The zero-order chi connectivity index (χ0) is 16.6. The molecule has 2 fully saturated rings. The van der Waals surface area contributed by atoms with Gasteiger partial charge in [0.2, 0.25) is 5.91 Å². The van der Waals surface area contributed by atoms with Crippen LogP contribution in [0.4, 0.5) is 10.5 Å². The van der Waals surface area contributed by atoms with E-state index < -0.39 is 0 Å². The van der Waals surface area contributed by atoms with Crippen LogP contribution in [0.3, 0.4) is 0 Å². The Morgan fingerprint density at radius 3 is 2.83 bits per heavy atom. The third kappa shape index (κ3) is 2.90. The lowest BCUT2D eigenvalue weighted by atomic mass is 9.78. The van der Waals surface area contributed by atoms with Crippen molar-refractivity contribution in [2.24, 2.45) is 5.41 Å². The zero-order valence-corrected chi connectivity index (χ0v) is 14.3. The fraction of sp³-hybridized carbons (Fsp3) is 0.529. The fourth-order valence-corrected chi connectivity index (χ4v) is 3.94. The van der Waals surface area contributed by atoms with Crippen LogP contribution in [-0.2, 0) is 4.79 Å². The van der Waals surface area contributed by atoms with Crippen LogP contribution in [0.1, 0.15) is 24.8 Å². The number of anilines is 1. The molecular formula is C17H22ClN3O2. The molecule has 1 unspecified atom stereocenters. The Balaban J connectivity index is 1.72. The van der Waals surface area contributed by atoms with E-state index in [0.29, 0.717) is 23.8 Å². The molecule has 1 spiro atoms. The highest BCUT2D eigenvalue weighted by atomic mass is 35.5. The highest BCUT2D eigenvalue weighted by Gasteiger charge is 2.48. The maximum Gasteiger partial charge on any atom is 0.321 e. The predicted octanol–water partition coefficient (Wildman–Crippen LogP) is 3.12. The molecule has 6 heteroatoms. The fourth-order valence-electron chi connectivity index (χ4n) is 3.67. The lowest BCUT2D eigenvalue weighted by Crippen LogP contribution is -2.49. The van der Waals surface area contributed by atoms with Crippen molar-refractivity contribution in [2.75, 3.05) is 32.0 Å². The van der Waals surface area contributed by atoms with E-state index in [1.807, 2.05) is 26.1 Å². The van der Waals surface area contributed by atoms with Gasteiger partial charge in [-0.05, 0) is 37.8 Å². The Morgan fingerprint density at radius 1 is 1.30 bits per heavy atom. The molecule has 0 aromatic heterocycles. The van der Waals surface area contributed by atoms with Crippen molar-refractivity contribution < 1.29 is 9.59 Å². The monoisotopic (exact) mass is 335 g/mol. The number of carbonyl (C=O) groups is 2. The third-order valence-electron chi connectivity index (χ3n) is 5.04. The van der Waals surface area contributed by atoms with Gasteiger partial charge >= 0.3 is 6.03 Å². The lowest BCUT2D eigenvalue weighted by Gasteiger charge is -2.37. The van der Waals surface area contributed by atoms with Gasteiger partial charge in [0, 0.05) is 26.7 Å². The number of hydrogen-bond acceptors (Lipinski definition) is 2. The zero-order valence-electron chi connectivity index (χ0n) is 13.6. The molecule has 0 radical (unpaired) electrons. The molecule has 3 amide bonds. The van der Waals surface area contributed by atoms with Crippen LogP contribution in [0.15, 0.2) is 18.2 Å². The molecule has 1 aromatic carbocycles. The largest absolute Gasteiger partial charge is 0.345 e. The number of nitrogens with zero attached hydrogens (tertiary/aromatic N) is 2. The summed E-state index contributed by atoms with van der Waals surface area (Å²) in [6.07, 6.45) is 2.61. The van der Waals surface area contributed by atoms with Crippen LogP contribution in [0.2, 0.25) is 5.02 Å². The van der Waals surface area contributed by atoms with Gasteiger partial charge in [-0.15, -0.1) is 0 Å².